The van der Waals surface area contributed by atoms with Crippen LogP contribution in [-0.4, -0.2) is 32.6 Å². The SMILES string of the molecule is O=c1c2sc3nccnc3c2nc(N2CCCCC2)n1-c1ccccc1. The number of hydrogen-bond donors (Lipinski definition) is 0. The molecule has 1 saturated heterocycles. The van der Waals surface area contributed by atoms with Crippen LogP contribution < -0.4 is 10.5 Å². The van der Waals surface area contributed by atoms with E-state index in [0.29, 0.717) is 21.7 Å². The van der Waals surface area contributed by atoms with Crippen LogP contribution in [0.15, 0.2) is 47.5 Å². The third kappa shape index (κ3) is 2.39. The number of rotatable bonds is 2. The molecule has 0 aliphatic carbocycles. The van der Waals surface area contributed by atoms with Gasteiger partial charge in [0.1, 0.15) is 20.6 Å². The van der Waals surface area contributed by atoms with Crippen molar-refractivity contribution in [1.82, 2.24) is 19.5 Å². The van der Waals surface area contributed by atoms with Crippen LogP contribution in [0, 0.1) is 0 Å². The van der Waals surface area contributed by atoms with Crippen LogP contribution in [0.25, 0.3) is 26.3 Å². The van der Waals surface area contributed by atoms with Crippen LogP contribution in [0.4, 0.5) is 5.95 Å². The van der Waals surface area contributed by atoms with Gasteiger partial charge < -0.3 is 4.90 Å². The van der Waals surface area contributed by atoms with Crippen molar-refractivity contribution < 1.29 is 0 Å². The molecule has 1 aliphatic rings. The fourth-order valence-electron chi connectivity index (χ4n) is 3.52. The summed E-state index contributed by atoms with van der Waals surface area (Å²) in [7, 11) is 0. The second-order valence-corrected chi connectivity index (χ2v) is 7.42. The van der Waals surface area contributed by atoms with Gasteiger partial charge in [0.2, 0.25) is 5.95 Å². The van der Waals surface area contributed by atoms with E-state index >= 15 is 0 Å². The molecule has 4 heterocycles. The first-order valence-corrected chi connectivity index (χ1v) is 9.61. The number of fused-ring (bicyclic) bond motifs is 3. The van der Waals surface area contributed by atoms with Crippen LogP contribution in [-0.2, 0) is 0 Å². The molecular formula is C19H17N5OS. The molecule has 26 heavy (non-hydrogen) atoms. The highest BCUT2D eigenvalue weighted by molar-refractivity contribution is 7.25. The molecule has 0 bridgehead atoms. The Bertz CT molecular complexity index is 1150. The van der Waals surface area contributed by atoms with Crippen molar-refractivity contribution in [2.45, 2.75) is 19.3 Å². The Balaban J connectivity index is 1.86. The van der Waals surface area contributed by atoms with E-state index < -0.39 is 0 Å². The van der Waals surface area contributed by atoms with Gasteiger partial charge in [-0.1, -0.05) is 18.2 Å². The van der Waals surface area contributed by atoms with E-state index in [9.17, 15) is 4.79 Å². The molecule has 5 rings (SSSR count). The van der Waals surface area contributed by atoms with E-state index in [1.165, 1.54) is 17.8 Å². The minimum Gasteiger partial charge on any atom is -0.342 e. The quantitative estimate of drug-likeness (QED) is 0.546. The number of aromatic nitrogens is 4. The van der Waals surface area contributed by atoms with E-state index in [2.05, 4.69) is 14.9 Å². The van der Waals surface area contributed by atoms with Crippen LogP contribution in [0.5, 0.6) is 0 Å². The van der Waals surface area contributed by atoms with Crippen molar-refractivity contribution in [3.05, 3.63) is 53.1 Å². The molecule has 130 valence electrons. The lowest BCUT2D eigenvalue weighted by molar-refractivity contribution is 0.563. The highest BCUT2D eigenvalue weighted by Gasteiger charge is 2.22. The standard InChI is InChI=1S/C19H17N5OS/c25-18-16-14(15-17(26-16)21-10-9-20-15)22-19(23-11-5-2-6-12-23)24(18)13-7-3-1-4-8-13/h1,3-4,7-10H,2,5-6,11-12H2. The molecule has 1 aromatic carbocycles. The first-order chi connectivity index (χ1) is 12.8. The Kier molecular flexibility index (Phi) is 3.67. The van der Waals surface area contributed by atoms with E-state index in [0.717, 1.165) is 36.4 Å². The lowest BCUT2D eigenvalue weighted by atomic mass is 10.1. The Morgan fingerprint density at radius 1 is 0.923 bits per heavy atom. The summed E-state index contributed by atoms with van der Waals surface area (Å²) in [6.45, 7) is 1.83. The van der Waals surface area contributed by atoms with Gasteiger partial charge in [0.15, 0.2) is 0 Å². The first-order valence-electron chi connectivity index (χ1n) is 8.79. The zero-order chi connectivity index (χ0) is 17.5. The van der Waals surface area contributed by atoms with Crippen molar-refractivity contribution in [2.75, 3.05) is 18.0 Å². The van der Waals surface area contributed by atoms with Crippen molar-refractivity contribution in [3.63, 3.8) is 0 Å². The predicted octanol–water partition coefficient (Wildman–Crippen LogP) is 3.38. The van der Waals surface area contributed by atoms with Crippen molar-refractivity contribution in [2.24, 2.45) is 0 Å². The predicted molar refractivity (Wildman–Crippen MR) is 104 cm³/mol. The second-order valence-electron chi connectivity index (χ2n) is 6.43. The molecule has 0 saturated carbocycles. The molecular weight excluding hydrogens is 346 g/mol. The maximum Gasteiger partial charge on any atom is 0.277 e. The van der Waals surface area contributed by atoms with Gasteiger partial charge in [-0.05, 0) is 31.4 Å². The van der Waals surface area contributed by atoms with Crippen LogP contribution in [0.2, 0.25) is 0 Å². The van der Waals surface area contributed by atoms with Crippen LogP contribution in [0.1, 0.15) is 19.3 Å². The molecule has 0 amide bonds. The van der Waals surface area contributed by atoms with E-state index in [1.807, 2.05) is 30.3 Å². The van der Waals surface area contributed by atoms with Gasteiger partial charge in [-0.3, -0.25) is 4.79 Å². The fraction of sp³-hybridized carbons (Fsp3) is 0.263. The van der Waals surface area contributed by atoms with Gasteiger partial charge in [0.05, 0.1) is 5.69 Å². The third-order valence-electron chi connectivity index (χ3n) is 4.77. The van der Waals surface area contributed by atoms with Crippen molar-refractivity contribution >= 4 is 37.8 Å². The summed E-state index contributed by atoms with van der Waals surface area (Å²) in [6.07, 6.45) is 6.76. The minimum atomic E-state index is -0.0495. The number of thiophene rings is 1. The normalized spacial score (nSPS) is 15.0. The Labute approximate surface area is 153 Å². The summed E-state index contributed by atoms with van der Waals surface area (Å²) in [5, 5.41) is 0. The van der Waals surface area contributed by atoms with Gasteiger partial charge in [0.25, 0.3) is 5.56 Å². The third-order valence-corrected chi connectivity index (χ3v) is 5.83. The molecule has 3 aromatic heterocycles. The number of piperidine rings is 1. The van der Waals surface area contributed by atoms with Crippen molar-refractivity contribution in [1.29, 1.82) is 0 Å². The molecule has 4 aromatic rings. The van der Waals surface area contributed by atoms with Gasteiger partial charge in [-0.15, -0.1) is 11.3 Å². The zero-order valence-electron chi connectivity index (χ0n) is 14.1. The van der Waals surface area contributed by atoms with Gasteiger partial charge >= 0.3 is 0 Å². The Morgan fingerprint density at radius 3 is 2.50 bits per heavy atom. The van der Waals surface area contributed by atoms with Gasteiger partial charge in [-0.25, -0.2) is 19.5 Å². The molecule has 1 fully saturated rings. The maximum atomic E-state index is 13.4. The first kappa shape index (κ1) is 15.5. The van der Waals surface area contributed by atoms with Gasteiger partial charge in [0, 0.05) is 25.5 Å². The van der Waals surface area contributed by atoms with E-state index in [1.54, 1.807) is 17.0 Å². The lowest BCUT2D eigenvalue weighted by Crippen LogP contribution is -2.35. The summed E-state index contributed by atoms with van der Waals surface area (Å²) in [5.74, 6) is 0.707. The number of para-hydroxylation sites is 1. The number of anilines is 1. The number of hydrogen-bond acceptors (Lipinski definition) is 6. The molecule has 0 N–H and O–H groups in total. The molecule has 0 radical (unpaired) electrons. The van der Waals surface area contributed by atoms with Crippen LogP contribution >= 0.6 is 11.3 Å². The zero-order valence-corrected chi connectivity index (χ0v) is 14.9. The Morgan fingerprint density at radius 2 is 1.69 bits per heavy atom. The summed E-state index contributed by atoms with van der Waals surface area (Å²) in [6, 6.07) is 9.74. The van der Waals surface area contributed by atoms with E-state index in [4.69, 9.17) is 4.98 Å². The maximum absolute atomic E-state index is 13.4. The second kappa shape index (κ2) is 6.17. The highest BCUT2D eigenvalue weighted by Crippen LogP contribution is 2.30. The molecule has 0 atom stereocenters. The monoisotopic (exact) mass is 363 g/mol. The molecule has 0 unspecified atom stereocenters. The molecule has 6 nitrogen and oxygen atoms in total. The summed E-state index contributed by atoms with van der Waals surface area (Å²) >= 11 is 1.36. The van der Waals surface area contributed by atoms with Crippen molar-refractivity contribution in [3.8, 4) is 5.69 Å². The molecule has 0 spiro atoms. The summed E-state index contributed by atoms with van der Waals surface area (Å²) in [4.78, 5) is 30.1. The smallest absolute Gasteiger partial charge is 0.277 e. The summed E-state index contributed by atoms with van der Waals surface area (Å²) in [5.41, 5.74) is 2.16. The van der Waals surface area contributed by atoms with Gasteiger partial charge in [-0.2, -0.15) is 0 Å². The molecule has 7 heteroatoms. The minimum absolute atomic E-state index is 0.0495. The Hall–Kier alpha value is -2.80. The summed E-state index contributed by atoms with van der Waals surface area (Å²) < 4.78 is 2.35. The highest BCUT2D eigenvalue weighted by atomic mass is 32.1. The lowest BCUT2D eigenvalue weighted by Gasteiger charge is -2.29. The fourth-order valence-corrected chi connectivity index (χ4v) is 4.49. The number of benzene rings is 1. The average molecular weight is 363 g/mol. The van der Waals surface area contributed by atoms with Crippen LogP contribution in [0.3, 0.4) is 0 Å². The topological polar surface area (TPSA) is 63.9 Å². The molecule has 1 aliphatic heterocycles. The largest absolute Gasteiger partial charge is 0.342 e. The van der Waals surface area contributed by atoms with E-state index in [-0.39, 0.29) is 5.56 Å². The average Bonchev–Trinajstić information content (AvgIpc) is 3.08. The number of nitrogens with zero attached hydrogens (tertiary/aromatic N) is 5.